The summed E-state index contributed by atoms with van der Waals surface area (Å²) in [4.78, 5) is 0. The molecule has 10 nitrogen and oxygen atoms in total. The van der Waals surface area contributed by atoms with Gasteiger partial charge in [-0.3, -0.25) is 0 Å². The van der Waals surface area contributed by atoms with Gasteiger partial charge in [-0.1, -0.05) is 128 Å². The van der Waals surface area contributed by atoms with Gasteiger partial charge in [0.2, 0.25) is 0 Å². The lowest BCUT2D eigenvalue weighted by Crippen LogP contribution is -2.62. The van der Waals surface area contributed by atoms with Gasteiger partial charge in [0.25, 0.3) is 0 Å². The second kappa shape index (κ2) is 19.9. The van der Waals surface area contributed by atoms with E-state index in [-0.39, 0.29) is 42.4 Å². The van der Waals surface area contributed by atoms with Gasteiger partial charge in [-0.2, -0.15) is 0 Å². The topological polar surface area (TPSA) is 92.3 Å². The molecule has 7 unspecified atom stereocenters. The van der Waals surface area contributed by atoms with Crippen LogP contribution in [0.25, 0.3) is 0 Å². The predicted octanol–water partition coefficient (Wildman–Crippen LogP) is 9.00. The third kappa shape index (κ3) is 10.6. The summed E-state index contributed by atoms with van der Waals surface area (Å²) in [5.41, 5.74) is 4.22. The Balaban J connectivity index is 1.11. The summed E-state index contributed by atoms with van der Waals surface area (Å²) in [6.45, 7) is 12.1. The fourth-order valence-electron chi connectivity index (χ4n) is 9.85. The Morgan fingerprint density at radius 2 is 1.23 bits per heavy atom. The SMILES string of the molecule is COC(OC1C(OCc2ccccc2)[C@H](OC2C3OC(C)(C)OC3[C@H](C)O[C@@H]2C)OC[C@H]1OCc1ccccc1)C1C[C@H](c2ccccc2)C[C@@]1(C)COCc1ccccc1. The molecule has 4 aromatic rings. The molecule has 3 heterocycles. The second-order valence-electron chi connectivity index (χ2n) is 18.0. The number of hydrogen-bond acceptors (Lipinski definition) is 10. The molecule has 4 fully saturated rings. The highest BCUT2D eigenvalue weighted by molar-refractivity contribution is 5.23. The van der Waals surface area contributed by atoms with Crippen LogP contribution >= 0.6 is 0 Å². The largest absolute Gasteiger partial charge is 0.376 e. The van der Waals surface area contributed by atoms with Crippen molar-refractivity contribution in [3.63, 3.8) is 0 Å². The van der Waals surface area contributed by atoms with Gasteiger partial charge >= 0.3 is 0 Å². The standard InChI is InChI=1S/C51H64O10/c1-34-43(46-44(35(2)57-34)60-50(3,4)61-46)58-49-47(55-31-38-23-15-9-16-24-38)45(42(32-56-49)54-30-37-21-13-8-14-22-37)59-48(52-6)41-27-40(39-25-17-10-18-26-39)28-51(41,5)33-53-29-36-19-11-7-12-20-36/h7-26,34-35,40-49H,27-33H2,1-6H3/t34-,35+,40+,41?,42-,43?,44?,45?,46?,47?,48?,49+,51+/m1/s1. The van der Waals surface area contributed by atoms with Crippen LogP contribution in [0.4, 0.5) is 0 Å². The van der Waals surface area contributed by atoms with Crippen LogP contribution in [0.5, 0.6) is 0 Å². The first-order valence-electron chi connectivity index (χ1n) is 22.0. The molecule has 13 atom stereocenters. The maximum absolute atomic E-state index is 7.38. The summed E-state index contributed by atoms with van der Waals surface area (Å²) in [7, 11) is 1.74. The van der Waals surface area contributed by atoms with E-state index in [9.17, 15) is 0 Å². The minimum Gasteiger partial charge on any atom is -0.376 e. The van der Waals surface area contributed by atoms with E-state index in [1.54, 1.807) is 7.11 Å². The fraction of sp³-hybridized carbons (Fsp3) is 0.529. The van der Waals surface area contributed by atoms with Gasteiger partial charge in [-0.25, -0.2) is 0 Å². The molecule has 328 valence electrons. The molecule has 0 spiro atoms. The molecule has 4 aromatic carbocycles. The lowest BCUT2D eigenvalue weighted by Gasteiger charge is -2.47. The zero-order valence-electron chi connectivity index (χ0n) is 36.5. The molecule has 1 saturated carbocycles. The van der Waals surface area contributed by atoms with Gasteiger partial charge in [0.1, 0.15) is 36.6 Å². The fourth-order valence-corrected chi connectivity index (χ4v) is 9.85. The van der Waals surface area contributed by atoms with Gasteiger partial charge in [-0.05, 0) is 74.1 Å². The summed E-state index contributed by atoms with van der Waals surface area (Å²) >= 11 is 0. The normalized spacial score (nSPS) is 33.9. The van der Waals surface area contributed by atoms with Crippen LogP contribution in [0.15, 0.2) is 121 Å². The number of fused-ring (bicyclic) bond motifs is 1. The molecule has 0 bridgehead atoms. The van der Waals surface area contributed by atoms with Gasteiger partial charge in [-0.15, -0.1) is 0 Å². The van der Waals surface area contributed by atoms with Crippen molar-refractivity contribution in [3.05, 3.63) is 144 Å². The summed E-state index contributed by atoms with van der Waals surface area (Å²) in [5, 5.41) is 0. The summed E-state index contributed by atoms with van der Waals surface area (Å²) in [6.07, 6.45) is -3.33. The van der Waals surface area contributed by atoms with Gasteiger partial charge in [0.15, 0.2) is 18.4 Å². The first-order chi connectivity index (χ1) is 29.6. The lowest BCUT2D eigenvalue weighted by molar-refractivity contribution is -0.346. The lowest BCUT2D eigenvalue weighted by atomic mass is 9.79. The van der Waals surface area contributed by atoms with Crippen molar-refractivity contribution in [2.75, 3.05) is 20.3 Å². The van der Waals surface area contributed by atoms with Gasteiger partial charge in [0, 0.05) is 13.0 Å². The highest BCUT2D eigenvalue weighted by atomic mass is 16.8. The number of ether oxygens (including phenoxy) is 10. The van der Waals surface area contributed by atoms with Crippen LogP contribution in [0.3, 0.4) is 0 Å². The van der Waals surface area contributed by atoms with E-state index >= 15 is 0 Å². The average Bonchev–Trinajstić information content (AvgIpc) is 3.80. The van der Waals surface area contributed by atoms with E-state index in [1.165, 1.54) is 5.56 Å². The third-order valence-corrected chi connectivity index (χ3v) is 12.9. The Kier molecular flexibility index (Phi) is 14.4. The number of benzene rings is 4. The Morgan fingerprint density at radius 3 is 1.85 bits per heavy atom. The van der Waals surface area contributed by atoms with Crippen LogP contribution in [0, 0.1) is 11.3 Å². The molecule has 10 heteroatoms. The molecule has 3 aliphatic heterocycles. The summed E-state index contributed by atoms with van der Waals surface area (Å²) in [6, 6.07) is 41.4. The van der Waals surface area contributed by atoms with E-state index in [4.69, 9.17) is 47.4 Å². The van der Waals surface area contributed by atoms with Crippen LogP contribution in [-0.4, -0.2) is 87.5 Å². The van der Waals surface area contributed by atoms with Crippen molar-refractivity contribution in [2.24, 2.45) is 11.3 Å². The minimum absolute atomic E-state index is 0.0366. The molecule has 1 aliphatic carbocycles. The minimum atomic E-state index is -0.860. The Labute approximate surface area is 362 Å². The Morgan fingerprint density at radius 1 is 0.656 bits per heavy atom. The van der Waals surface area contributed by atoms with Crippen molar-refractivity contribution < 1.29 is 47.4 Å². The van der Waals surface area contributed by atoms with Crippen molar-refractivity contribution in [1.29, 1.82) is 0 Å². The summed E-state index contributed by atoms with van der Waals surface area (Å²) in [5.74, 6) is -0.537. The van der Waals surface area contributed by atoms with Gasteiger partial charge in [0.05, 0.1) is 45.2 Å². The smallest absolute Gasteiger partial charge is 0.187 e. The number of hydrogen-bond donors (Lipinski definition) is 0. The molecular weight excluding hydrogens is 773 g/mol. The van der Waals surface area contributed by atoms with Crippen LogP contribution in [0.1, 0.15) is 75.6 Å². The molecule has 3 saturated heterocycles. The van der Waals surface area contributed by atoms with Crippen molar-refractivity contribution in [2.45, 2.75) is 140 Å². The third-order valence-electron chi connectivity index (χ3n) is 12.9. The Hall–Kier alpha value is -3.52. The predicted molar refractivity (Wildman–Crippen MR) is 230 cm³/mol. The highest BCUT2D eigenvalue weighted by Gasteiger charge is 2.57. The zero-order chi connectivity index (χ0) is 42.4. The van der Waals surface area contributed by atoms with E-state index in [2.05, 4.69) is 73.7 Å². The maximum atomic E-state index is 7.38. The quantitative estimate of drug-likeness (QED) is 0.0961. The van der Waals surface area contributed by atoms with E-state index < -0.39 is 42.8 Å². The monoisotopic (exact) mass is 836 g/mol. The van der Waals surface area contributed by atoms with Crippen LogP contribution < -0.4 is 0 Å². The van der Waals surface area contributed by atoms with E-state index in [0.29, 0.717) is 32.3 Å². The average molecular weight is 837 g/mol. The second-order valence-corrected chi connectivity index (χ2v) is 18.0. The number of methoxy groups -OCH3 is 1. The zero-order valence-corrected chi connectivity index (χ0v) is 36.5. The molecule has 4 aliphatic rings. The molecule has 0 amide bonds. The Bertz CT molecular complexity index is 1920. The molecular formula is C51H64O10. The summed E-state index contributed by atoms with van der Waals surface area (Å²) < 4.78 is 67.1. The molecule has 0 N–H and O–H groups in total. The van der Waals surface area contributed by atoms with Gasteiger partial charge < -0.3 is 47.4 Å². The number of rotatable bonds is 17. The van der Waals surface area contributed by atoms with E-state index in [1.807, 2.05) is 82.3 Å². The van der Waals surface area contributed by atoms with Crippen LogP contribution in [-0.2, 0) is 67.2 Å². The van der Waals surface area contributed by atoms with Crippen LogP contribution in [0.2, 0.25) is 0 Å². The molecule has 0 radical (unpaired) electrons. The maximum Gasteiger partial charge on any atom is 0.187 e. The molecule has 61 heavy (non-hydrogen) atoms. The first kappa shape index (κ1) is 44.1. The highest BCUT2D eigenvalue weighted by Crippen LogP contribution is 2.53. The molecule has 8 rings (SSSR count). The van der Waals surface area contributed by atoms with Crippen molar-refractivity contribution in [3.8, 4) is 0 Å². The van der Waals surface area contributed by atoms with E-state index in [0.717, 1.165) is 29.5 Å². The first-order valence-corrected chi connectivity index (χ1v) is 22.0. The van der Waals surface area contributed by atoms with Crippen molar-refractivity contribution >= 4 is 0 Å². The molecule has 0 aromatic heterocycles. The van der Waals surface area contributed by atoms with Crippen molar-refractivity contribution in [1.82, 2.24) is 0 Å².